The second-order valence-corrected chi connectivity index (χ2v) is 2.70. The third-order valence-electron chi connectivity index (χ3n) is 1.89. The Bertz CT molecular complexity index is 351. The topological polar surface area (TPSA) is 27.0 Å². The summed E-state index contributed by atoms with van der Waals surface area (Å²) in [6.07, 6.45) is 11.8. The minimum absolute atomic E-state index is 0.711. The lowest BCUT2D eigenvalue weighted by atomic mass is 10.1. The fourth-order valence-corrected chi connectivity index (χ4v) is 1.27. The fraction of sp³-hybridized carbons (Fsp3) is 0.100. The molecule has 0 saturated heterocycles. The summed E-state index contributed by atoms with van der Waals surface area (Å²) in [5, 5.41) is 8.65. The molecule has 2 nitrogen and oxygen atoms in total. The van der Waals surface area contributed by atoms with E-state index in [2.05, 4.69) is 17.0 Å². The highest BCUT2D eigenvalue weighted by Gasteiger charge is 2.09. The maximum absolute atomic E-state index is 8.65. The van der Waals surface area contributed by atoms with Crippen molar-refractivity contribution in [2.45, 2.75) is 0 Å². The Morgan fingerprint density at radius 3 is 3.17 bits per heavy atom. The first kappa shape index (κ1) is 6.93. The van der Waals surface area contributed by atoms with Crippen molar-refractivity contribution in [1.29, 1.82) is 5.26 Å². The van der Waals surface area contributed by atoms with Crippen LogP contribution in [0.2, 0.25) is 0 Å². The van der Waals surface area contributed by atoms with E-state index in [9.17, 15) is 0 Å². The van der Waals surface area contributed by atoms with Crippen LogP contribution in [0.3, 0.4) is 0 Å². The lowest BCUT2D eigenvalue weighted by Crippen LogP contribution is -2.20. The van der Waals surface area contributed by atoms with E-state index in [0.29, 0.717) is 5.57 Å². The van der Waals surface area contributed by atoms with Crippen molar-refractivity contribution in [2.75, 3.05) is 6.54 Å². The first-order valence-corrected chi connectivity index (χ1v) is 3.83. The Morgan fingerprint density at radius 1 is 1.42 bits per heavy atom. The second kappa shape index (κ2) is 2.71. The van der Waals surface area contributed by atoms with Crippen molar-refractivity contribution in [3.05, 3.63) is 47.9 Å². The predicted octanol–water partition coefficient (Wildman–Crippen LogP) is 1.72. The number of nitriles is 1. The van der Waals surface area contributed by atoms with Crippen LogP contribution in [-0.2, 0) is 0 Å². The van der Waals surface area contributed by atoms with Gasteiger partial charge >= 0.3 is 0 Å². The first-order chi connectivity index (χ1) is 5.90. The van der Waals surface area contributed by atoms with Gasteiger partial charge in [0.1, 0.15) is 6.07 Å². The molecule has 0 amide bonds. The molecule has 0 bridgehead atoms. The van der Waals surface area contributed by atoms with Gasteiger partial charge in [0, 0.05) is 18.4 Å². The van der Waals surface area contributed by atoms with Gasteiger partial charge in [-0.15, -0.1) is 0 Å². The van der Waals surface area contributed by atoms with E-state index < -0.39 is 0 Å². The van der Waals surface area contributed by atoms with Crippen molar-refractivity contribution < 1.29 is 0 Å². The monoisotopic (exact) mass is 156 g/mol. The third-order valence-corrected chi connectivity index (χ3v) is 1.89. The molecule has 2 heterocycles. The molecule has 0 aromatic rings. The zero-order valence-corrected chi connectivity index (χ0v) is 6.57. The molecule has 58 valence electrons. The molecule has 12 heavy (non-hydrogen) atoms. The molecule has 0 radical (unpaired) electrons. The van der Waals surface area contributed by atoms with Gasteiger partial charge in [0.2, 0.25) is 0 Å². The Hall–Kier alpha value is -1.75. The summed E-state index contributed by atoms with van der Waals surface area (Å²) < 4.78 is 0. The average Bonchev–Trinajstić information content (AvgIpc) is 2.17. The Kier molecular flexibility index (Phi) is 1.56. The molecule has 0 saturated carbocycles. The average molecular weight is 156 g/mol. The van der Waals surface area contributed by atoms with E-state index >= 15 is 0 Å². The van der Waals surface area contributed by atoms with Gasteiger partial charge in [0.25, 0.3) is 0 Å². The zero-order valence-electron chi connectivity index (χ0n) is 6.57. The van der Waals surface area contributed by atoms with Crippen LogP contribution in [0.15, 0.2) is 47.9 Å². The maximum atomic E-state index is 8.65. The molecule has 0 spiro atoms. The van der Waals surface area contributed by atoms with Crippen LogP contribution in [-0.4, -0.2) is 11.4 Å². The second-order valence-electron chi connectivity index (χ2n) is 2.70. The van der Waals surface area contributed by atoms with Crippen molar-refractivity contribution in [3.63, 3.8) is 0 Å². The van der Waals surface area contributed by atoms with E-state index in [1.807, 2.05) is 30.5 Å². The summed E-state index contributed by atoms with van der Waals surface area (Å²) in [4.78, 5) is 2.05. The molecule has 2 aliphatic heterocycles. The molecule has 0 unspecified atom stereocenters. The summed E-state index contributed by atoms with van der Waals surface area (Å²) >= 11 is 0. The number of hydrogen-bond acceptors (Lipinski definition) is 2. The minimum atomic E-state index is 0.711. The van der Waals surface area contributed by atoms with Crippen molar-refractivity contribution >= 4 is 0 Å². The van der Waals surface area contributed by atoms with Gasteiger partial charge in [0.05, 0.1) is 5.57 Å². The molecule has 2 heteroatoms. The fourth-order valence-electron chi connectivity index (χ4n) is 1.27. The van der Waals surface area contributed by atoms with Crippen molar-refractivity contribution in [2.24, 2.45) is 0 Å². The predicted molar refractivity (Wildman–Crippen MR) is 46.8 cm³/mol. The number of hydrogen-bond donors (Lipinski definition) is 0. The van der Waals surface area contributed by atoms with Gasteiger partial charge in [-0.2, -0.15) is 5.26 Å². The van der Waals surface area contributed by atoms with Crippen LogP contribution in [0, 0.1) is 11.3 Å². The lowest BCUT2D eigenvalue weighted by Gasteiger charge is -2.24. The molecule has 0 aromatic heterocycles. The van der Waals surface area contributed by atoms with Crippen molar-refractivity contribution in [3.8, 4) is 6.07 Å². The van der Waals surface area contributed by atoms with Crippen molar-refractivity contribution in [1.82, 2.24) is 4.90 Å². The molecule has 0 atom stereocenters. The van der Waals surface area contributed by atoms with Crippen LogP contribution < -0.4 is 0 Å². The van der Waals surface area contributed by atoms with Gasteiger partial charge in [0.15, 0.2) is 0 Å². The zero-order chi connectivity index (χ0) is 8.39. The highest BCUT2D eigenvalue weighted by molar-refractivity contribution is 5.43. The van der Waals surface area contributed by atoms with E-state index in [-0.39, 0.29) is 0 Å². The summed E-state index contributed by atoms with van der Waals surface area (Å²) in [7, 11) is 0. The van der Waals surface area contributed by atoms with Crippen LogP contribution in [0.25, 0.3) is 0 Å². The lowest BCUT2D eigenvalue weighted by molar-refractivity contribution is 0.521. The minimum Gasteiger partial charge on any atom is -0.343 e. The molecule has 2 rings (SSSR count). The van der Waals surface area contributed by atoms with E-state index in [0.717, 1.165) is 12.2 Å². The smallest absolute Gasteiger partial charge is 0.101 e. The highest BCUT2D eigenvalue weighted by atomic mass is 15.1. The first-order valence-electron chi connectivity index (χ1n) is 3.83. The summed E-state index contributed by atoms with van der Waals surface area (Å²) in [5.74, 6) is 0. The van der Waals surface area contributed by atoms with Crippen LogP contribution in [0.4, 0.5) is 0 Å². The molecular weight excluding hydrogens is 148 g/mol. The largest absolute Gasteiger partial charge is 0.343 e. The van der Waals surface area contributed by atoms with Gasteiger partial charge < -0.3 is 4.90 Å². The Balaban J connectivity index is 2.33. The normalized spacial score (nSPS) is 19.4. The summed E-state index contributed by atoms with van der Waals surface area (Å²) in [5.41, 5.74) is 1.86. The molecule has 2 aliphatic rings. The molecule has 0 aromatic carbocycles. The summed E-state index contributed by atoms with van der Waals surface area (Å²) in [6.45, 7) is 0.862. The van der Waals surface area contributed by atoms with Crippen LogP contribution in [0.5, 0.6) is 0 Å². The van der Waals surface area contributed by atoms with Crippen LogP contribution >= 0.6 is 0 Å². The van der Waals surface area contributed by atoms with Gasteiger partial charge in [-0.1, -0.05) is 12.2 Å². The van der Waals surface area contributed by atoms with E-state index in [4.69, 9.17) is 5.26 Å². The molecule has 0 N–H and O–H groups in total. The molecular formula is C10H8N2. The number of rotatable bonds is 0. The Morgan fingerprint density at radius 2 is 2.33 bits per heavy atom. The quantitative estimate of drug-likeness (QED) is 0.534. The maximum Gasteiger partial charge on any atom is 0.101 e. The highest BCUT2D eigenvalue weighted by Crippen LogP contribution is 2.18. The Labute approximate surface area is 71.4 Å². The third kappa shape index (κ3) is 1.06. The number of fused-ring (bicyclic) bond motifs is 1. The molecule has 0 fully saturated rings. The number of allylic oxidation sites excluding steroid dienone is 5. The SMILES string of the molecule is N#CC1=CN2CC=CC=C2C=C1. The summed E-state index contributed by atoms with van der Waals surface area (Å²) in [6, 6.07) is 2.12. The van der Waals surface area contributed by atoms with Crippen LogP contribution in [0.1, 0.15) is 0 Å². The van der Waals surface area contributed by atoms with Gasteiger partial charge in [-0.25, -0.2) is 0 Å². The van der Waals surface area contributed by atoms with Gasteiger partial charge in [-0.3, -0.25) is 0 Å². The number of nitrogens with zero attached hydrogens (tertiary/aromatic N) is 2. The molecule has 0 aliphatic carbocycles. The standard InChI is InChI=1S/C10H8N2/c11-7-9-4-5-10-3-1-2-6-12(10)8-9/h1-5,8H,6H2. The van der Waals surface area contributed by atoms with E-state index in [1.165, 1.54) is 0 Å². The van der Waals surface area contributed by atoms with Gasteiger partial charge in [-0.05, 0) is 18.2 Å². The van der Waals surface area contributed by atoms with E-state index in [1.54, 1.807) is 0 Å².